The first-order chi connectivity index (χ1) is 9.56. The number of ether oxygens (including phenoxy) is 3. The Balaban J connectivity index is 2.40. The number of benzene rings is 1. The van der Waals surface area contributed by atoms with Crippen LogP contribution in [0.4, 0.5) is 5.69 Å². The standard InChI is InChI=1S/C12H11NO7/c1-18-10-4-7(6-14)8(13(16)17)5-11(10)20-9-2-3-19-12(9)15/h4-6,9H,2-3H2,1H3. The van der Waals surface area contributed by atoms with E-state index < -0.39 is 22.7 Å². The highest BCUT2D eigenvalue weighted by molar-refractivity contribution is 5.83. The molecule has 8 nitrogen and oxygen atoms in total. The molecule has 0 spiro atoms. The predicted octanol–water partition coefficient (Wildman–Crippen LogP) is 1.11. The van der Waals surface area contributed by atoms with Crippen LogP contribution in [0.15, 0.2) is 12.1 Å². The summed E-state index contributed by atoms with van der Waals surface area (Å²) in [6.07, 6.45) is -0.120. The number of cyclic esters (lactones) is 1. The second-order valence-electron chi connectivity index (χ2n) is 4.00. The first-order valence-corrected chi connectivity index (χ1v) is 5.71. The summed E-state index contributed by atoms with van der Waals surface area (Å²) in [5.41, 5.74) is -0.546. The van der Waals surface area contributed by atoms with Gasteiger partial charge in [0.25, 0.3) is 5.69 Å². The fraction of sp³-hybridized carbons (Fsp3) is 0.333. The molecule has 0 bridgehead atoms. The van der Waals surface area contributed by atoms with E-state index in [1.54, 1.807) is 0 Å². The molecule has 1 aliphatic rings. The smallest absolute Gasteiger partial charge is 0.347 e. The Morgan fingerprint density at radius 1 is 1.45 bits per heavy atom. The van der Waals surface area contributed by atoms with Gasteiger partial charge in [-0.05, 0) is 0 Å². The van der Waals surface area contributed by atoms with E-state index >= 15 is 0 Å². The van der Waals surface area contributed by atoms with Crippen LogP contribution in [0.5, 0.6) is 11.5 Å². The summed E-state index contributed by atoms with van der Waals surface area (Å²) < 4.78 is 15.1. The predicted molar refractivity (Wildman–Crippen MR) is 65.0 cm³/mol. The van der Waals surface area contributed by atoms with Crippen LogP contribution in [0, 0.1) is 10.1 Å². The second-order valence-corrected chi connectivity index (χ2v) is 4.00. The number of aldehydes is 1. The second kappa shape index (κ2) is 5.55. The van der Waals surface area contributed by atoms with E-state index in [1.165, 1.54) is 13.2 Å². The van der Waals surface area contributed by atoms with Crippen LogP contribution in [-0.4, -0.2) is 37.0 Å². The average molecular weight is 281 g/mol. The molecule has 1 aromatic rings. The van der Waals surface area contributed by atoms with Crippen molar-refractivity contribution in [2.75, 3.05) is 13.7 Å². The number of esters is 1. The van der Waals surface area contributed by atoms with E-state index in [1.807, 2.05) is 0 Å². The molecule has 0 aliphatic carbocycles. The molecule has 1 aliphatic heterocycles. The van der Waals surface area contributed by atoms with E-state index in [2.05, 4.69) is 0 Å². The van der Waals surface area contributed by atoms with Crippen LogP contribution in [-0.2, 0) is 9.53 Å². The number of nitrogens with zero attached hydrogens (tertiary/aromatic N) is 1. The SMILES string of the molecule is COc1cc(C=O)c([N+](=O)[O-])cc1OC1CCOC1=O. The summed E-state index contributed by atoms with van der Waals surface area (Å²) in [6.45, 7) is 0.236. The summed E-state index contributed by atoms with van der Waals surface area (Å²) in [4.78, 5) is 32.4. The quantitative estimate of drug-likeness (QED) is 0.344. The van der Waals surface area contributed by atoms with E-state index in [9.17, 15) is 19.7 Å². The highest BCUT2D eigenvalue weighted by atomic mass is 16.6. The van der Waals surface area contributed by atoms with Gasteiger partial charge in [-0.25, -0.2) is 4.79 Å². The number of methoxy groups -OCH3 is 1. The minimum absolute atomic E-state index is 0.0219. The fourth-order valence-electron chi connectivity index (χ4n) is 1.81. The number of hydrogen-bond acceptors (Lipinski definition) is 7. The third-order valence-corrected chi connectivity index (χ3v) is 2.79. The molecule has 0 aromatic heterocycles. The lowest BCUT2D eigenvalue weighted by Gasteiger charge is -2.13. The molecule has 2 rings (SSSR count). The average Bonchev–Trinajstić information content (AvgIpc) is 2.83. The largest absolute Gasteiger partial charge is 0.493 e. The molecule has 1 heterocycles. The molecular formula is C12H11NO7. The maximum absolute atomic E-state index is 11.3. The van der Waals surface area contributed by atoms with E-state index in [0.29, 0.717) is 12.7 Å². The van der Waals surface area contributed by atoms with Crippen molar-refractivity contribution in [3.05, 3.63) is 27.8 Å². The molecule has 1 atom stereocenters. The Morgan fingerprint density at radius 2 is 2.20 bits per heavy atom. The maximum atomic E-state index is 11.3. The van der Waals surface area contributed by atoms with E-state index in [-0.39, 0.29) is 23.7 Å². The van der Waals surface area contributed by atoms with Crippen molar-refractivity contribution in [1.29, 1.82) is 0 Å². The Bertz CT molecular complexity index is 569. The molecule has 1 fully saturated rings. The topological polar surface area (TPSA) is 105 Å². The highest BCUT2D eigenvalue weighted by Gasteiger charge is 2.30. The molecule has 0 radical (unpaired) electrons. The molecule has 106 valence electrons. The Morgan fingerprint density at radius 3 is 2.70 bits per heavy atom. The van der Waals surface area contributed by atoms with E-state index in [4.69, 9.17) is 14.2 Å². The van der Waals surface area contributed by atoms with Crippen molar-refractivity contribution < 1.29 is 28.7 Å². The van der Waals surface area contributed by atoms with Gasteiger partial charge in [0.05, 0.1) is 30.3 Å². The van der Waals surface area contributed by atoms with Crippen molar-refractivity contribution in [3.8, 4) is 11.5 Å². The zero-order valence-corrected chi connectivity index (χ0v) is 10.5. The molecule has 8 heteroatoms. The lowest BCUT2D eigenvalue weighted by Crippen LogP contribution is -2.22. The molecule has 20 heavy (non-hydrogen) atoms. The molecule has 0 saturated carbocycles. The first-order valence-electron chi connectivity index (χ1n) is 5.71. The molecular weight excluding hydrogens is 270 g/mol. The van der Waals surface area contributed by atoms with Gasteiger partial charge >= 0.3 is 5.97 Å². The van der Waals surface area contributed by atoms with Crippen molar-refractivity contribution in [1.82, 2.24) is 0 Å². The van der Waals surface area contributed by atoms with Crippen LogP contribution in [0.3, 0.4) is 0 Å². The summed E-state index contributed by atoms with van der Waals surface area (Å²) >= 11 is 0. The molecule has 0 amide bonds. The van der Waals surface area contributed by atoms with Crippen molar-refractivity contribution in [2.24, 2.45) is 0 Å². The van der Waals surface area contributed by atoms with Gasteiger partial charge in [0.2, 0.25) is 0 Å². The number of nitro groups is 1. The van der Waals surface area contributed by atoms with Gasteiger partial charge in [-0.1, -0.05) is 0 Å². The third-order valence-electron chi connectivity index (χ3n) is 2.79. The Labute approximate surface area is 113 Å². The van der Waals surface area contributed by atoms with Crippen molar-refractivity contribution in [3.63, 3.8) is 0 Å². The maximum Gasteiger partial charge on any atom is 0.347 e. The molecule has 0 N–H and O–H groups in total. The highest BCUT2D eigenvalue weighted by Crippen LogP contribution is 2.35. The summed E-state index contributed by atoms with van der Waals surface area (Å²) in [5, 5.41) is 10.9. The lowest BCUT2D eigenvalue weighted by molar-refractivity contribution is -0.385. The first kappa shape index (κ1) is 13.8. The van der Waals surface area contributed by atoms with Crippen LogP contribution in [0.1, 0.15) is 16.8 Å². The van der Waals surface area contributed by atoms with Crippen LogP contribution >= 0.6 is 0 Å². The third kappa shape index (κ3) is 2.53. The minimum Gasteiger partial charge on any atom is -0.493 e. The van der Waals surface area contributed by atoms with Gasteiger partial charge in [0.15, 0.2) is 23.9 Å². The monoisotopic (exact) mass is 281 g/mol. The van der Waals surface area contributed by atoms with Gasteiger partial charge in [-0.3, -0.25) is 14.9 Å². The number of rotatable bonds is 5. The molecule has 1 unspecified atom stereocenters. The Hall–Kier alpha value is -2.64. The van der Waals surface area contributed by atoms with Crippen LogP contribution in [0.25, 0.3) is 0 Å². The molecule has 1 saturated heterocycles. The minimum atomic E-state index is -0.828. The summed E-state index contributed by atoms with van der Waals surface area (Å²) in [7, 11) is 1.33. The van der Waals surface area contributed by atoms with Gasteiger partial charge < -0.3 is 14.2 Å². The number of carbonyl (C=O) groups excluding carboxylic acids is 2. The zero-order chi connectivity index (χ0) is 14.7. The number of hydrogen-bond donors (Lipinski definition) is 0. The Kier molecular flexibility index (Phi) is 3.83. The van der Waals surface area contributed by atoms with Crippen LogP contribution < -0.4 is 9.47 Å². The summed E-state index contributed by atoms with van der Waals surface area (Å²) in [6, 6.07) is 2.26. The van der Waals surface area contributed by atoms with Gasteiger partial charge in [-0.2, -0.15) is 0 Å². The van der Waals surface area contributed by atoms with Crippen LogP contribution in [0.2, 0.25) is 0 Å². The van der Waals surface area contributed by atoms with Crippen molar-refractivity contribution in [2.45, 2.75) is 12.5 Å². The summed E-state index contributed by atoms with van der Waals surface area (Å²) in [5.74, 6) is -0.375. The lowest BCUT2D eigenvalue weighted by atomic mass is 10.1. The number of carbonyl (C=O) groups is 2. The molecule has 1 aromatic carbocycles. The zero-order valence-electron chi connectivity index (χ0n) is 10.5. The van der Waals surface area contributed by atoms with Gasteiger partial charge in [-0.15, -0.1) is 0 Å². The van der Waals surface area contributed by atoms with Crippen molar-refractivity contribution >= 4 is 17.9 Å². The van der Waals surface area contributed by atoms with Gasteiger partial charge in [0, 0.05) is 12.5 Å². The fourth-order valence-corrected chi connectivity index (χ4v) is 1.81. The van der Waals surface area contributed by atoms with E-state index in [0.717, 1.165) is 6.07 Å². The number of nitro benzene ring substituents is 1. The van der Waals surface area contributed by atoms with Gasteiger partial charge in [0.1, 0.15) is 0 Å². The normalized spacial score (nSPS) is 17.4.